The lowest BCUT2D eigenvalue weighted by Crippen LogP contribution is -2.46. The highest BCUT2D eigenvalue weighted by atomic mass is 16.5. The Morgan fingerprint density at radius 1 is 1.27 bits per heavy atom. The van der Waals surface area contributed by atoms with Crippen LogP contribution in [0.15, 0.2) is 30.3 Å². The van der Waals surface area contributed by atoms with Crippen LogP contribution in [0, 0.1) is 11.8 Å². The first-order chi connectivity index (χ1) is 10.7. The first kappa shape index (κ1) is 15.3. The van der Waals surface area contributed by atoms with Crippen molar-refractivity contribution in [3.8, 4) is 0 Å². The molecule has 0 spiro atoms. The number of ether oxygens (including phenoxy) is 1. The summed E-state index contributed by atoms with van der Waals surface area (Å²) in [4.78, 5) is 12.0. The Bertz CT molecular complexity index is 487. The van der Waals surface area contributed by atoms with Crippen LogP contribution < -0.4 is 10.6 Å². The van der Waals surface area contributed by atoms with Crippen LogP contribution in [0.1, 0.15) is 44.3 Å². The Hall–Kier alpha value is -1.55. The van der Waals surface area contributed by atoms with Crippen molar-refractivity contribution in [2.75, 3.05) is 13.2 Å². The zero-order chi connectivity index (χ0) is 15.4. The van der Waals surface area contributed by atoms with Crippen molar-refractivity contribution < 1.29 is 9.53 Å². The second kappa shape index (κ2) is 7.14. The molecule has 4 nitrogen and oxygen atoms in total. The van der Waals surface area contributed by atoms with Gasteiger partial charge in [0, 0.05) is 25.1 Å². The summed E-state index contributed by atoms with van der Waals surface area (Å²) in [6.07, 6.45) is 4.89. The number of carbonyl (C=O) groups excluding carboxylic acids is 1. The van der Waals surface area contributed by atoms with Gasteiger partial charge in [-0.05, 0) is 37.7 Å². The minimum atomic E-state index is -0.0434. The van der Waals surface area contributed by atoms with E-state index in [1.54, 1.807) is 0 Å². The Morgan fingerprint density at radius 2 is 2.05 bits per heavy atom. The van der Waals surface area contributed by atoms with E-state index in [1.807, 2.05) is 18.2 Å². The highest BCUT2D eigenvalue weighted by Crippen LogP contribution is 2.34. The van der Waals surface area contributed by atoms with Gasteiger partial charge in [0.15, 0.2) is 0 Å². The maximum Gasteiger partial charge on any atom is 0.315 e. The fraction of sp³-hybridized carbons (Fsp3) is 0.611. The van der Waals surface area contributed by atoms with Crippen LogP contribution in [0.5, 0.6) is 0 Å². The van der Waals surface area contributed by atoms with Crippen molar-refractivity contribution >= 4 is 6.03 Å². The standard InChI is InChI=1S/C18H26N2O2/c1-13(14-8-5-9-14)20-18(21)19-12-16-10-11-22-17(16)15-6-3-2-4-7-15/h2-4,6-7,13-14,16-17H,5,8-12H2,1H3,(H2,19,20,21)/t13-,16+,17+/m0/s1. The van der Waals surface area contributed by atoms with Crippen molar-refractivity contribution in [1.82, 2.24) is 10.6 Å². The lowest BCUT2D eigenvalue weighted by molar-refractivity contribution is 0.0909. The smallest absolute Gasteiger partial charge is 0.315 e. The van der Waals surface area contributed by atoms with Gasteiger partial charge in [-0.1, -0.05) is 36.8 Å². The van der Waals surface area contributed by atoms with E-state index in [0.29, 0.717) is 18.4 Å². The molecule has 0 radical (unpaired) electrons. The maximum absolute atomic E-state index is 12.0. The Balaban J connectivity index is 1.47. The van der Waals surface area contributed by atoms with Crippen molar-refractivity contribution in [2.24, 2.45) is 11.8 Å². The van der Waals surface area contributed by atoms with E-state index >= 15 is 0 Å². The molecule has 1 saturated heterocycles. The molecule has 120 valence electrons. The van der Waals surface area contributed by atoms with Crippen LogP contribution in [0.3, 0.4) is 0 Å². The summed E-state index contributed by atoms with van der Waals surface area (Å²) in [5, 5.41) is 6.10. The normalized spacial score (nSPS) is 26.2. The first-order valence-corrected chi connectivity index (χ1v) is 8.45. The van der Waals surface area contributed by atoms with Gasteiger partial charge in [-0.3, -0.25) is 0 Å². The van der Waals surface area contributed by atoms with Gasteiger partial charge in [-0.25, -0.2) is 4.79 Å². The summed E-state index contributed by atoms with van der Waals surface area (Å²) >= 11 is 0. The number of hydrogen-bond donors (Lipinski definition) is 2. The van der Waals surface area contributed by atoms with Crippen LogP contribution in [0.2, 0.25) is 0 Å². The molecule has 3 atom stereocenters. The molecule has 2 fully saturated rings. The third-order valence-corrected chi connectivity index (χ3v) is 5.08. The fourth-order valence-electron chi connectivity index (χ4n) is 3.39. The predicted octanol–water partition coefficient (Wildman–Crippen LogP) is 3.25. The molecular weight excluding hydrogens is 276 g/mol. The molecule has 1 aromatic rings. The van der Waals surface area contributed by atoms with Crippen LogP contribution >= 0.6 is 0 Å². The van der Waals surface area contributed by atoms with Gasteiger partial charge in [-0.2, -0.15) is 0 Å². The number of nitrogens with one attached hydrogen (secondary N) is 2. The number of rotatable bonds is 5. The Morgan fingerprint density at radius 3 is 2.73 bits per heavy atom. The van der Waals surface area contributed by atoms with Crippen molar-refractivity contribution in [3.63, 3.8) is 0 Å². The molecule has 1 saturated carbocycles. The molecule has 22 heavy (non-hydrogen) atoms. The minimum Gasteiger partial charge on any atom is -0.373 e. The van der Waals surface area contributed by atoms with E-state index < -0.39 is 0 Å². The van der Waals surface area contributed by atoms with Gasteiger partial charge in [0.1, 0.15) is 0 Å². The lowest BCUT2D eigenvalue weighted by atomic mass is 9.80. The average Bonchev–Trinajstić information content (AvgIpc) is 2.92. The summed E-state index contributed by atoms with van der Waals surface area (Å²) < 4.78 is 5.86. The highest BCUT2D eigenvalue weighted by Gasteiger charge is 2.30. The fourth-order valence-corrected chi connectivity index (χ4v) is 3.39. The number of benzene rings is 1. The predicted molar refractivity (Wildman–Crippen MR) is 86.6 cm³/mol. The van der Waals surface area contributed by atoms with Gasteiger partial charge in [0.2, 0.25) is 0 Å². The molecule has 1 aliphatic carbocycles. The molecule has 1 aromatic carbocycles. The highest BCUT2D eigenvalue weighted by molar-refractivity contribution is 5.74. The van der Waals surface area contributed by atoms with E-state index in [2.05, 4.69) is 29.7 Å². The molecule has 2 amide bonds. The molecule has 2 N–H and O–H groups in total. The number of amides is 2. The zero-order valence-corrected chi connectivity index (χ0v) is 13.3. The third kappa shape index (κ3) is 3.61. The zero-order valence-electron chi connectivity index (χ0n) is 13.3. The third-order valence-electron chi connectivity index (χ3n) is 5.08. The monoisotopic (exact) mass is 302 g/mol. The molecule has 3 rings (SSSR count). The van der Waals surface area contributed by atoms with Gasteiger partial charge < -0.3 is 15.4 Å². The van der Waals surface area contributed by atoms with Gasteiger partial charge >= 0.3 is 6.03 Å². The topological polar surface area (TPSA) is 50.4 Å². The number of carbonyl (C=O) groups is 1. The van der Waals surface area contributed by atoms with Crippen molar-refractivity contribution in [2.45, 2.75) is 44.8 Å². The summed E-state index contributed by atoms with van der Waals surface area (Å²) in [5.74, 6) is 1.02. The average molecular weight is 302 g/mol. The number of hydrogen-bond acceptors (Lipinski definition) is 2. The summed E-state index contributed by atoms with van der Waals surface area (Å²) in [6, 6.07) is 10.5. The quantitative estimate of drug-likeness (QED) is 0.877. The van der Waals surface area contributed by atoms with Gasteiger partial charge in [0.25, 0.3) is 0 Å². The van der Waals surface area contributed by atoms with Crippen molar-refractivity contribution in [1.29, 1.82) is 0 Å². The Kier molecular flexibility index (Phi) is 4.98. The summed E-state index contributed by atoms with van der Waals surface area (Å²) in [7, 11) is 0. The van der Waals surface area contributed by atoms with E-state index in [9.17, 15) is 4.79 Å². The molecule has 0 unspecified atom stereocenters. The summed E-state index contributed by atoms with van der Waals surface area (Å²) in [5.41, 5.74) is 1.20. The molecular formula is C18H26N2O2. The lowest BCUT2D eigenvalue weighted by Gasteiger charge is -2.32. The molecule has 1 aliphatic heterocycles. The molecule has 4 heteroatoms. The largest absolute Gasteiger partial charge is 0.373 e. The Labute approximate surface area is 132 Å². The van der Waals surface area contributed by atoms with Gasteiger partial charge in [-0.15, -0.1) is 0 Å². The van der Waals surface area contributed by atoms with Gasteiger partial charge in [0.05, 0.1) is 6.10 Å². The maximum atomic E-state index is 12.0. The first-order valence-electron chi connectivity index (χ1n) is 8.45. The van der Waals surface area contributed by atoms with Crippen LogP contribution in [0.25, 0.3) is 0 Å². The summed E-state index contributed by atoms with van der Waals surface area (Å²) in [6.45, 7) is 3.55. The second-order valence-electron chi connectivity index (χ2n) is 6.58. The number of urea groups is 1. The molecule has 2 aliphatic rings. The molecule has 0 bridgehead atoms. The van der Waals surface area contributed by atoms with E-state index in [4.69, 9.17) is 4.74 Å². The second-order valence-corrected chi connectivity index (χ2v) is 6.58. The van der Waals surface area contributed by atoms with E-state index in [1.165, 1.54) is 24.8 Å². The van der Waals surface area contributed by atoms with Crippen LogP contribution in [0.4, 0.5) is 4.79 Å². The SMILES string of the molecule is C[C@H](NC(=O)NC[C@H]1CCO[C@@H]1c1ccccc1)C1CCC1. The van der Waals surface area contributed by atoms with Crippen LogP contribution in [-0.4, -0.2) is 25.2 Å². The molecule has 1 heterocycles. The van der Waals surface area contributed by atoms with E-state index in [-0.39, 0.29) is 18.2 Å². The van der Waals surface area contributed by atoms with Crippen LogP contribution in [-0.2, 0) is 4.74 Å². The van der Waals surface area contributed by atoms with E-state index in [0.717, 1.165) is 13.0 Å². The molecule has 0 aromatic heterocycles. The van der Waals surface area contributed by atoms with Crippen molar-refractivity contribution in [3.05, 3.63) is 35.9 Å². The minimum absolute atomic E-state index is 0.0434.